The SMILES string of the molecule is FC(F)(F)c1ccc(-n2cc[nH]c2=S)nc1. The Morgan fingerprint density at radius 2 is 2.06 bits per heavy atom. The first-order valence-electron chi connectivity index (χ1n) is 4.28. The van der Waals surface area contributed by atoms with E-state index in [1.807, 2.05) is 0 Å². The maximum absolute atomic E-state index is 12.3. The molecule has 2 aromatic heterocycles. The van der Waals surface area contributed by atoms with Crippen molar-refractivity contribution < 1.29 is 13.2 Å². The monoisotopic (exact) mass is 245 g/mol. The molecular formula is C9H6F3N3S. The van der Waals surface area contributed by atoms with E-state index >= 15 is 0 Å². The van der Waals surface area contributed by atoms with Crippen molar-refractivity contribution in [3.05, 3.63) is 41.1 Å². The van der Waals surface area contributed by atoms with E-state index in [-0.39, 0.29) is 0 Å². The van der Waals surface area contributed by atoms with Crippen molar-refractivity contribution in [3.63, 3.8) is 0 Å². The molecule has 3 nitrogen and oxygen atoms in total. The molecule has 0 saturated carbocycles. The van der Waals surface area contributed by atoms with Crippen LogP contribution in [0.3, 0.4) is 0 Å². The minimum Gasteiger partial charge on any atom is -0.337 e. The zero-order valence-corrected chi connectivity index (χ0v) is 8.64. The fourth-order valence-electron chi connectivity index (χ4n) is 1.20. The maximum Gasteiger partial charge on any atom is 0.417 e. The van der Waals surface area contributed by atoms with Crippen LogP contribution < -0.4 is 0 Å². The second-order valence-corrected chi connectivity index (χ2v) is 3.42. The molecule has 16 heavy (non-hydrogen) atoms. The minimum absolute atomic E-state index is 0.347. The number of aromatic nitrogens is 3. The summed E-state index contributed by atoms with van der Waals surface area (Å²) in [6.07, 6.45) is -0.408. The molecule has 1 N–H and O–H groups in total. The number of hydrogen-bond donors (Lipinski definition) is 1. The molecule has 0 unspecified atom stereocenters. The van der Waals surface area contributed by atoms with Gasteiger partial charge in [0.1, 0.15) is 5.82 Å². The molecule has 0 aliphatic carbocycles. The van der Waals surface area contributed by atoms with Gasteiger partial charge < -0.3 is 4.98 Å². The zero-order chi connectivity index (χ0) is 11.8. The molecule has 0 amide bonds. The number of hydrogen-bond acceptors (Lipinski definition) is 2. The number of rotatable bonds is 1. The van der Waals surface area contributed by atoms with E-state index in [1.54, 1.807) is 12.4 Å². The fourth-order valence-corrected chi connectivity index (χ4v) is 1.42. The molecule has 2 heterocycles. The molecule has 0 spiro atoms. The minimum atomic E-state index is -4.37. The van der Waals surface area contributed by atoms with Gasteiger partial charge in [-0.2, -0.15) is 13.2 Å². The van der Waals surface area contributed by atoms with Gasteiger partial charge in [0.05, 0.1) is 5.56 Å². The summed E-state index contributed by atoms with van der Waals surface area (Å²) in [5.41, 5.74) is -0.779. The van der Waals surface area contributed by atoms with E-state index < -0.39 is 11.7 Å². The van der Waals surface area contributed by atoms with Crippen LogP contribution in [0.2, 0.25) is 0 Å². The number of imidazole rings is 1. The number of nitrogens with zero attached hydrogens (tertiary/aromatic N) is 2. The largest absolute Gasteiger partial charge is 0.417 e. The van der Waals surface area contributed by atoms with Gasteiger partial charge in [-0.15, -0.1) is 0 Å². The lowest BCUT2D eigenvalue weighted by atomic mass is 10.3. The van der Waals surface area contributed by atoms with Crippen LogP contribution in [0.4, 0.5) is 13.2 Å². The van der Waals surface area contributed by atoms with Crippen molar-refractivity contribution in [2.75, 3.05) is 0 Å². The molecule has 0 aliphatic rings. The van der Waals surface area contributed by atoms with Crippen LogP contribution in [0.5, 0.6) is 0 Å². The van der Waals surface area contributed by atoms with Crippen molar-refractivity contribution >= 4 is 12.2 Å². The number of pyridine rings is 1. The molecule has 0 bridgehead atoms. The smallest absolute Gasteiger partial charge is 0.337 e. The van der Waals surface area contributed by atoms with Gasteiger partial charge >= 0.3 is 6.18 Å². The lowest BCUT2D eigenvalue weighted by Gasteiger charge is -2.06. The fraction of sp³-hybridized carbons (Fsp3) is 0.111. The molecule has 0 atom stereocenters. The Morgan fingerprint density at radius 3 is 2.50 bits per heavy atom. The van der Waals surface area contributed by atoms with E-state index in [0.717, 1.165) is 12.3 Å². The van der Waals surface area contributed by atoms with E-state index in [1.165, 1.54) is 10.6 Å². The molecule has 2 aromatic rings. The van der Waals surface area contributed by atoms with Gasteiger partial charge in [0.15, 0.2) is 4.77 Å². The van der Waals surface area contributed by atoms with Crippen LogP contribution in [0, 0.1) is 4.77 Å². The van der Waals surface area contributed by atoms with Crippen molar-refractivity contribution in [2.24, 2.45) is 0 Å². The highest BCUT2D eigenvalue weighted by Gasteiger charge is 2.30. The van der Waals surface area contributed by atoms with Crippen molar-refractivity contribution in [1.29, 1.82) is 0 Å². The van der Waals surface area contributed by atoms with Crippen LogP contribution >= 0.6 is 12.2 Å². The standard InChI is InChI=1S/C9H6F3N3S/c10-9(11,12)6-1-2-7(14-5-6)15-4-3-13-8(15)16/h1-5H,(H,13,16). The Bertz CT molecular complexity index is 538. The second-order valence-electron chi connectivity index (χ2n) is 3.04. The molecule has 2 rings (SSSR count). The zero-order valence-electron chi connectivity index (χ0n) is 7.82. The molecule has 0 aromatic carbocycles. The second kappa shape index (κ2) is 3.75. The summed E-state index contributed by atoms with van der Waals surface area (Å²) in [7, 11) is 0. The number of nitrogens with one attached hydrogen (secondary N) is 1. The number of H-pyrrole nitrogens is 1. The highest BCUT2D eigenvalue weighted by atomic mass is 32.1. The normalized spacial score (nSPS) is 11.7. The summed E-state index contributed by atoms with van der Waals surface area (Å²) in [6.45, 7) is 0. The average Bonchev–Trinajstić information content (AvgIpc) is 2.63. The van der Waals surface area contributed by atoms with Gasteiger partial charge in [-0.05, 0) is 24.4 Å². The van der Waals surface area contributed by atoms with Gasteiger partial charge in [-0.3, -0.25) is 4.57 Å². The molecule has 0 saturated heterocycles. The first-order valence-corrected chi connectivity index (χ1v) is 4.69. The summed E-state index contributed by atoms with van der Waals surface area (Å²) in [5.74, 6) is 0.347. The summed E-state index contributed by atoms with van der Waals surface area (Å²) >= 11 is 4.92. The summed E-state index contributed by atoms with van der Waals surface area (Å²) in [6, 6.07) is 2.24. The summed E-state index contributed by atoms with van der Waals surface area (Å²) < 4.78 is 38.7. The Labute approximate surface area is 93.6 Å². The van der Waals surface area contributed by atoms with Crippen LogP contribution in [-0.2, 0) is 6.18 Å². The van der Waals surface area contributed by atoms with Gasteiger partial charge in [-0.1, -0.05) is 0 Å². The molecule has 7 heteroatoms. The quantitative estimate of drug-likeness (QED) is 0.784. The van der Waals surface area contributed by atoms with Gasteiger partial charge in [0.25, 0.3) is 0 Å². The Kier molecular flexibility index (Phi) is 2.55. The van der Waals surface area contributed by atoms with E-state index in [2.05, 4.69) is 9.97 Å². The van der Waals surface area contributed by atoms with E-state index in [9.17, 15) is 13.2 Å². The molecular weight excluding hydrogens is 239 g/mol. The predicted molar refractivity (Wildman–Crippen MR) is 53.8 cm³/mol. The maximum atomic E-state index is 12.3. The topological polar surface area (TPSA) is 33.6 Å². The lowest BCUT2D eigenvalue weighted by molar-refractivity contribution is -0.137. The van der Waals surface area contributed by atoms with Crippen molar-refractivity contribution in [1.82, 2.24) is 14.5 Å². The highest BCUT2D eigenvalue weighted by molar-refractivity contribution is 7.71. The van der Waals surface area contributed by atoms with Crippen LogP contribution in [-0.4, -0.2) is 14.5 Å². The molecule has 0 aliphatic heterocycles. The number of halogens is 3. The Balaban J connectivity index is 2.41. The third kappa shape index (κ3) is 1.99. The average molecular weight is 245 g/mol. The lowest BCUT2D eigenvalue weighted by Crippen LogP contribution is -2.06. The predicted octanol–water partition coefficient (Wildman–Crippen LogP) is 2.95. The first-order chi connectivity index (χ1) is 7.48. The van der Waals surface area contributed by atoms with Crippen molar-refractivity contribution in [2.45, 2.75) is 6.18 Å². The first kappa shape index (κ1) is 10.9. The summed E-state index contributed by atoms with van der Waals surface area (Å²) in [4.78, 5) is 6.43. The van der Waals surface area contributed by atoms with Gasteiger partial charge in [0.2, 0.25) is 0 Å². The van der Waals surface area contributed by atoms with Crippen LogP contribution in [0.15, 0.2) is 30.7 Å². The molecule has 0 radical (unpaired) electrons. The Hall–Kier alpha value is -1.63. The molecule has 0 fully saturated rings. The third-order valence-corrected chi connectivity index (χ3v) is 2.29. The van der Waals surface area contributed by atoms with Crippen molar-refractivity contribution in [3.8, 4) is 5.82 Å². The van der Waals surface area contributed by atoms with Crippen LogP contribution in [0.25, 0.3) is 5.82 Å². The third-order valence-electron chi connectivity index (χ3n) is 1.97. The molecule has 84 valence electrons. The van der Waals surface area contributed by atoms with Gasteiger partial charge in [0, 0.05) is 18.6 Å². The van der Waals surface area contributed by atoms with E-state index in [4.69, 9.17) is 12.2 Å². The number of aromatic amines is 1. The van der Waals surface area contributed by atoms with Crippen LogP contribution in [0.1, 0.15) is 5.56 Å². The summed E-state index contributed by atoms with van der Waals surface area (Å²) in [5, 5.41) is 0. The van der Waals surface area contributed by atoms with Gasteiger partial charge in [-0.25, -0.2) is 4.98 Å². The highest BCUT2D eigenvalue weighted by Crippen LogP contribution is 2.28. The number of alkyl halides is 3. The van der Waals surface area contributed by atoms with E-state index in [0.29, 0.717) is 10.6 Å². The Morgan fingerprint density at radius 1 is 1.31 bits per heavy atom.